The molecule has 6 heteroatoms. The molecule has 3 aromatic rings. The third kappa shape index (κ3) is 4.40. The zero-order valence-electron chi connectivity index (χ0n) is 16.1. The van der Waals surface area contributed by atoms with Gasteiger partial charge in [0, 0.05) is 24.7 Å². The van der Waals surface area contributed by atoms with Gasteiger partial charge in [0.1, 0.15) is 0 Å². The lowest BCUT2D eigenvalue weighted by Crippen LogP contribution is -2.40. The first-order valence-corrected chi connectivity index (χ1v) is 9.54. The number of pyridine rings is 1. The summed E-state index contributed by atoms with van der Waals surface area (Å²) in [6, 6.07) is 14.2. The molecule has 2 aromatic carbocycles. The lowest BCUT2D eigenvalue weighted by atomic mass is 9.95. The maximum Gasteiger partial charge on any atom is 0.256 e. The lowest BCUT2D eigenvalue weighted by Gasteiger charge is -2.32. The van der Waals surface area contributed by atoms with Crippen LogP contribution in [0.15, 0.2) is 48.7 Å². The summed E-state index contributed by atoms with van der Waals surface area (Å²) >= 11 is 0. The summed E-state index contributed by atoms with van der Waals surface area (Å²) in [4.78, 5) is 19.8. The largest absolute Gasteiger partial charge is 0.339 e. The summed E-state index contributed by atoms with van der Waals surface area (Å²) in [6.45, 7) is 5.86. The number of rotatable bonds is 4. The molecule has 1 saturated heterocycles. The Morgan fingerprint density at radius 2 is 1.82 bits per heavy atom. The average Bonchev–Trinajstić information content (AvgIpc) is 2.71. The molecule has 1 N–H and O–H groups in total. The Bertz CT molecular complexity index is 939. The number of hydrogen-bond acceptors (Lipinski definition) is 3. The minimum absolute atomic E-state index is 0. The van der Waals surface area contributed by atoms with Crippen molar-refractivity contribution in [2.24, 2.45) is 5.92 Å². The highest BCUT2D eigenvalue weighted by molar-refractivity contribution is 6.15. The number of piperidine rings is 1. The predicted molar refractivity (Wildman–Crippen MR) is 121 cm³/mol. The van der Waals surface area contributed by atoms with Crippen LogP contribution in [0.2, 0.25) is 0 Å². The van der Waals surface area contributed by atoms with Gasteiger partial charge in [0.25, 0.3) is 5.91 Å². The fraction of sp³-hybridized carbons (Fsp3) is 0.364. The molecule has 1 fully saturated rings. The highest BCUT2D eigenvalue weighted by Gasteiger charge is 2.25. The summed E-state index contributed by atoms with van der Waals surface area (Å²) in [5.41, 5.74) is 1.54. The second-order valence-corrected chi connectivity index (χ2v) is 7.09. The predicted octanol–water partition coefficient (Wildman–Crippen LogP) is 4.69. The lowest BCUT2D eigenvalue weighted by molar-refractivity contribution is 0.0692. The zero-order valence-corrected chi connectivity index (χ0v) is 17.7. The van der Waals surface area contributed by atoms with E-state index >= 15 is 0 Å². The van der Waals surface area contributed by atoms with E-state index in [1.165, 1.54) is 0 Å². The number of benzene rings is 2. The first-order valence-electron chi connectivity index (χ1n) is 9.54. The number of carbonyl (C=O) groups excluding carboxylic acids is 1. The van der Waals surface area contributed by atoms with Crippen molar-refractivity contribution in [3.05, 3.63) is 54.2 Å². The van der Waals surface area contributed by atoms with E-state index in [4.69, 9.17) is 0 Å². The van der Waals surface area contributed by atoms with Crippen LogP contribution in [-0.2, 0) is 0 Å². The maximum atomic E-state index is 13.2. The molecular formula is C22H27Cl2N3O. The topological polar surface area (TPSA) is 45.2 Å². The third-order valence-electron chi connectivity index (χ3n) is 5.43. The number of fused-ring (bicyclic) bond motifs is 3. The molecule has 1 aromatic heterocycles. The van der Waals surface area contributed by atoms with E-state index in [0.717, 1.165) is 66.3 Å². The fourth-order valence-electron chi connectivity index (χ4n) is 3.95. The summed E-state index contributed by atoms with van der Waals surface area (Å²) in [5.74, 6) is 0.784. The number of aromatic nitrogens is 1. The van der Waals surface area contributed by atoms with E-state index < -0.39 is 0 Å². The molecule has 0 aliphatic carbocycles. The molecule has 1 amide bonds. The normalized spacial score (nSPS) is 14.5. The smallest absolute Gasteiger partial charge is 0.256 e. The second kappa shape index (κ2) is 10.1. The summed E-state index contributed by atoms with van der Waals surface area (Å²) in [6.07, 6.45) is 3.91. The number of likely N-dealkylation sites (tertiary alicyclic amines) is 1. The zero-order chi connectivity index (χ0) is 17.9. The monoisotopic (exact) mass is 419 g/mol. The molecule has 2 heterocycles. The molecule has 0 spiro atoms. The van der Waals surface area contributed by atoms with E-state index in [0.29, 0.717) is 5.92 Å². The van der Waals surface area contributed by atoms with Gasteiger partial charge in [0.15, 0.2) is 0 Å². The van der Waals surface area contributed by atoms with Crippen LogP contribution < -0.4 is 5.32 Å². The van der Waals surface area contributed by atoms with Gasteiger partial charge in [-0.15, -0.1) is 24.8 Å². The van der Waals surface area contributed by atoms with E-state index in [-0.39, 0.29) is 30.7 Å². The van der Waals surface area contributed by atoms with Gasteiger partial charge in [-0.25, -0.2) is 0 Å². The van der Waals surface area contributed by atoms with Gasteiger partial charge in [-0.1, -0.05) is 37.3 Å². The molecule has 1 aliphatic rings. The van der Waals surface area contributed by atoms with Gasteiger partial charge in [-0.2, -0.15) is 0 Å². The SMILES string of the molecule is CCNCC1CCN(C(=O)c2cc3ccccc3c3cccnc23)CC1.Cl.Cl. The van der Waals surface area contributed by atoms with Crippen molar-refractivity contribution in [3.8, 4) is 0 Å². The first-order chi connectivity index (χ1) is 12.8. The van der Waals surface area contributed by atoms with E-state index in [1.54, 1.807) is 6.20 Å². The Balaban J connectivity index is 0.00000140. The number of nitrogens with zero attached hydrogens (tertiary/aromatic N) is 2. The fourth-order valence-corrected chi connectivity index (χ4v) is 3.95. The quantitative estimate of drug-likeness (QED) is 0.623. The Morgan fingerprint density at radius 1 is 1.11 bits per heavy atom. The Morgan fingerprint density at radius 3 is 2.57 bits per heavy atom. The van der Waals surface area contributed by atoms with Crippen molar-refractivity contribution in [1.82, 2.24) is 15.2 Å². The molecule has 0 saturated carbocycles. The van der Waals surface area contributed by atoms with E-state index in [2.05, 4.69) is 35.4 Å². The van der Waals surface area contributed by atoms with Gasteiger partial charge in [0.2, 0.25) is 0 Å². The molecule has 0 radical (unpaired) electrons. The van der Waals surface area contributed by atoms with Gasteiger partial charge in [-0.3, -0.25) is 9.78 Å². The van der Waals surface area contributed by atoms with Crippen molar-refractivity contribution in [3.63, 3.8) is 0 Å². The van der Waals surface area contributed by atoms with E-state index in [1.807, 2.05) is 29.2 Å². The molecule has 4 rings (SSSR count). The minimum Gasteiger partial charge on any atom is -0.339 e. The van der Waals surface area contributed by atoms with Crippen LogP contribution in [-0.4, -0.2) is 42.0 Å². The number of carbonyl (C=O) groups is 1. The van der Waals surface area contributed by atoms with Crippen molar-refractivity contribution < 1.29 is 4.79 Å². The minimum atomic E-state index is 0. The average molecular weight is 420 g/mol. The summed E-state index contributed by atoms with van der Waals surface area (Å²) in [5, 5.41) is 6.72. The van der Waals surface area contributed by atoms with Crippen LogP contribution in [0.5, 0.6) is 0 Å². The van der Waals surface area contributed by atoms with Crippen LogP contribution in [0, 0.1) is 5.92 Å². The van der Waals surface area contributed by atoms with Crippen LogP contribution in [0.1, 0.15) is 30.1 Å². The second-order valence-electron chi connectivity index (χ2n) is 7.09. The van der Waals surface area contributed by atoms with Crippen LogP contribution in [0.4, 0.5) is 0 Å². The maximum absolute atomic E-state index is 13.2. The standard InChI is InChI=1S/C22H25N3O.2ClH/c1-2-23-15-16-9-12-25(13-10-16)22(26)20-14-17-6-3-4-7-18(17)19-8-5-11-24-21(19)20;;/h3-8,11,14,16,23H,2,9-10,12-13,15H2,1H3;2*1H. The highest BCUT2D eigenvalue weighted by Crippen LogP contribution is 2.29. The highest BCUT2D eigenvalue weighted by atomic mass is 35.5. The summed E-state index contributed by atoms with van der Waals surface area (Å²) in [7, 11) is 0. The molecule has 1 aliphatic heterocycles. The molecule has 0 bridgehead atoms. The Kier molecular flexibility index (Phi) is 8.05. The molecule has 150 valence electrons. The number of hydrogen-bond donors (Lipinski definition) is 1. The van der Waals surface area contributed by atoms with Crippen molar-refractivity contribution in [2.75, 3.05) is 26.2 Å². The van der Waals surface area contributed by atoms with Crippen molar-refractivity contribution >= 4 is 52.4 Å². The van der Waals surface area contributed by atoms with E-state index in [9.17, 15) is 4.79 Å². The molecule has 0 atom stereocenters. The van der Waals surface area contributed by atoms with Crippen LogP contribution in [0.25, 0.3) is 21.7 Å². The van der Waals surface area contributed by atoms with Gasteiger partial charge < -0.3 is 10.2 Å². The molecule has 4 nitrogen and oxygen atoms in total. The first kappa shape index (κ1) is 22.4. The van der Waals surface area contributed by atoms with Crippen LogP contribution in [0.3, 0.4) is 0 Å². The number of amides is 1. The molecule has 28 heavy (non-hydrogen) atoms. The molecule has 0 unspecified atom stereocenters. The van der Waals surface area contributed by atoms with Gasteiger partial charge in [-0.05, 0) is 54.8 Å². The Labute approximate surface area is 178 Å². The summed E-state index contributed by atoms with van der Waals surface area (Å²) < 4.78 is 0. The van der Waals surface area contributed by atoms with Crippen molar-refractivity contribution in [1.29, 1.82) is 0 Å². The van der Waals surface area contributed by atoms with Crippen LogP contribution >= 0.6 is 24.8 Å². The third-order valence-corrected chi connectivity index (χ3v) is 5.43. The molecular weight excluding hydrogens is 393 g/mol. The van der Waals surface area contributed by atoms with Gasteiger partial charge >= 0.3 is 0 Å². The number of nitrogens with one attached hydrogen (secondary N) is 1. The van der Waals surface area contributed by atoms with Gasteiger partial charge in [0.05, 0.1) is 11.1 Å². The Hall–Kier alpha value is -1.88. The number of halogens is 2. The van der Waals surface area contributed by atoms with Crippen molar-refractivity contribution in [2.45, 2.75) is 19.8 Å².